The molecule has 0 bridgehead atoms. The van der Waals surface area contributed by atoms with E-state index in [9.17, 15) is 13.6 Å². The van der Waals surface area contributed by atoms with Gasteiger partial charge in [0.25, 0.3) is 6.43 Å². The van der Waals surface area contributed by atoms with Crippen LogP contribution in [0.1, 0.15) is 36.4 Å². The smallest absolute Gasteiger partial charge is 0.325 e. The second-order valence-electron chi connectivity index (χ2n) is 6.18. The first-order chi connectivity index (χ1) is 11.9. The van der Waals surface area contributed by atoms with Crippen molar-refractivity contribution in [2.45, 2.75) is 31.7 Å². The van der Waals surface area contributed by atoms with E-state index >= 15 is 0 Å². The fraction of sp³-hybridized carbons (Fsp3) is 0.375. The summed E-state index contributed by atoms with van der Waals surface area (Å²) in [4.78, 5) is 15.5. The van der Waals surface area contributed by atoms with Crippen LogP contribution in [0, 0.1) is 0 Å². The first kappa shape index (κ1) is 15.7. The molecule has 0 aliphatic heterocycles. The molecule has 0 amide bonds. The first-order valence-corrected chi connectivity index (χ1v) is 7.85. The molecule has 1 saturated carbocycles. The molecule has 0 radical (unpaired) electrons. The lowest BCUT2D eigenvalue weighted by Crippen LogP contribution is -2.11. The largest absolute Gasteiger partial charge is 0.480 e. The summed E-state index contributed by atoms with van der Waals surface area (Å²) in [5.74, 6) is -1.01. The fourth-order valence-electron chi connectivity index (χ4n) is 2.96. The van der Waals surface area contributed by atoms with Gasteiger partial charge in [-0.25, -0.2) is 18.4 Å². The Bertz CT molecular complexity index is 974. The molecule has 25 heavy (non-hydrogen) atoms. The van der Waals surface area contributed by atoms with Crippen LogP contribution in [0.25, 0.3) is 22.4 Å². The van der Waals surface area contributed by atoms with Gasteiger partial charge in [-0.2, -0.15) is 10.2 Å². The minimum atomic E-state index is -2.71. The lowest BCUT2D eigenvalue weighted by Gasteiger charge is -2.07. The van der Waals surface area contributed by atoms with E-state index in [-0.39, 0.29) is 28.2 Å². The summed E-state index contributed by atoms with van der Waals surface area (Å²) in [7, 11) is 1.72. The van der Waals surface area contributed by atoms with Crippen molar-refractivity contribution in [3.8, 4) is 11.4 Å². The van der Waals surface area contributed by atoms with E-state index in [1.54, 1.807) is 24.0 Å². The predicted molar refractivity (Wildman–Crippen MR) is 84.3 cm³/mol. The quantitative estimate of drug-likeness (QED) is 0.767. The third kappa shape index (κ3) is 2.75. The lowest BCUT2D eigenvalue weighted by atomic mass is 10.1. The summed E-state index contributed by atoms with van der Waals surface area (Å²) < 4.78 is 30.2. The standard InChI is InChI=1S/C16H15F2N5O2/c1-22-5-4-10(20-22)11-6-9(15(17)18)13-14(8-2-3-8)21-23(7-12(24)25)16(13)19-11/h4-6,8,15H,2-3,7H2,1H3,(H,24,25). The number of rotatable bonds is 5. The normalized spacial score (nSPS) is 14.6. The number of aryl methyl sites for hydroxylation is 1. The average Bonchev–Trinajstić information content (AvgIpc) is 3.21. The van der Waals surface area contributed by atoms with Gasteiger partial charge in [-0.1, -0.05) is 0 Å². The number of hydrogen-bond acceptors (Lipinski definition) is 4. The number of hydrogen-bond donors (Lipinski definition) is 1. The van der Waals surface area contributed by atoms with Gasteiger partial charge in [0.1, 0.15) is 12.2 Å². The van der Waals surface area contributed by atoms with Gasteiger partial charge >= 0.3 is 5.97 Å². The van der Waals surface area contributed by atoms with Gasteiger partial charge in [-0.05, 0) is 25.0 Å². The third-order valence-electron chi connectivity index (χ3n) is 4.22. The summed E-state index contributed by atoms with van der Waals surface area (Å²) in [5, 5.41) is 17.9. The molecule has 3 aromatic rings. The molecule has 130 valence electrons. The molecule has 1 aliphatic carbocycles. The number of fused-ring (bicyclic) bond motifs is 1. The minimum absolute atomic E-state index is 0.0949. The van der Waals surface area contributed by atoms with Gasteiger partial charge in [0, 0.05) is 24.7 Å². The van der Waals surface area contributed by atoms with E-state index in [4.69, 9.17) is 5.11 Å². The van der Waals surface area contributed by atoms with E-state index in [1.807, 2.05) is 0 Å². The van der Waals surface area contributed by atoms with Crippen LogP contribution < -0.4 is 0 Å². The molecule has 7 nitrogen and oxygen atoms in total. The molecule has 0 aromatic carbocycles. The number of halogens is 2. The van der Waals surface area contributed by atoms with Crippen LogP contribution in [0.2, 0.25) is 0 Å². The second kappa shape index (κ2) is 5.61. The summed E-state index contributed by atoms with van der Waals surface area (Å²) in [6, 6.07) is 3.00. The zero-order valence-electron chi connectivity index (χ0n) is 13.4. The van der Waals surface area contributed by atoms with Gasteiger partial charge in [0.2, 0.25) is 0 Å². The number of carboxylic acids is 1. The number of aliphatic carboxylic acids is 1. The van der Waals surface area contributed by atoms with Crippen LogP contribution in [0.15, 0.2) is 18.3 Å². The Morgan fingerprint density at radius 1 is 1.36 bits per heavy atom. The van der Waals surface area contributed by atoms with E-state index < -0.39 is 18.9 Å². The molecule has 1 aliphatic rings. The first-order valence-electron chi connectivity index (χ1n) is 7.85. The van der Waals surface area contributed by atoms with Gasteiger partial charge in [-0.15, -0.1) is 0 Å². The van der Waals surface area contributed by atoms with Gasteiger partial charge in [0.05, 0.1) is 16.8 Å². The molecule has 0 atom stereocenters. The predicted octanol–water partition coefficient (Wildman–Crippen LogP) is 2.73. The number of carbonyl (C=O) groups is 1. The topological polar surface area (TPSA) is 85.8 Å². The molecule has 4 rings (SSSR count). The summed E-state index contributed by atoms with van der Waals surface area (Å²) >= 11 is 0. The van der Waals surface area contributed by atoms with E-state index in [0.29, 0.717) is 11.4 Å². The highest BCUT2D eigenvalue weighted by molar-refractivity contribution is 5.87. The Morgan fingerprint density at radius 3 is 2.68 bits per heavy atom. The van der Waals surface area contributed by atoms with Crippen molar-refractivity contribution < 1.29 is 18.7 Å². The average molecular weight is 347 g/mol. The van der Waals surface area contributed by atoms with Crippen LogP contribution in [-0.4, -0.2) is 35.6 Å². The summed E-state index contributed by atoms with van der Waals surface area (Å²) in [6.07, 6.45) is 0.703. The van der Waals surface area contributed by atoms with Crippen molar-refractivity contribution in [3.63, 3.8) is 0 Å². The Balaban J connectivity index is 1.99. The summed E-state index contributed by atoms with van der Waals surface area (Å²) in [5.41, 5.74) is 1.23. The van der Waals surface area contributed by atoms with Gasteiger partial charge < -0.3 is 5.11 Å². The number of aromatic nitrogens is 5. The van der Waals surface area contributed by atoms with Crippen LogP contribution >= 0.6 is 0 Å². The van der Waals surface area contributed by atoms with E-state index in [2.05, 4.69) is 15.2 Å². The van der Waals surface area contributed by atoms with Gasteiger partial charge in [0.15, 0.2) is 5.65 Å². The number of carboxylic acid groups (broad SMARTS) is 1. The molecule has 1 fully saturated rings. The Morgan fingerprint density at radius 2 is 2.12 bits per heavy atom. The molecule has 9 heteroatoms. The molecular formula is C16H15F2N5O2. The Kier molecular flexibility index (Phi) is 3.52. The number of nitrogens with zero attached hydrogens (tertiary/aromatic N) is 5. The zero-order chi connectivity index (χ0) is 17.7. The third-order valence-corrected chi connectivity index (χ3v) is 4.22. The maximum absolute atomic E-state index is 13.7. The number of pyridine rings is 1. The molecule has 3 aromatic heterocycles. The summed E-state index contributed by atoms with van der Waals surface area (Å²) in [6.45, 7) is -0.426. The highest BCUT2D eigenvalue weighted by atomic mass is 19.3. The Hall–Kier alpha value is -2.84. The monoisotopic (exact) mass is 347 g/mol. The van der Waals surface area contributed by atoms with Crippen molar-refractivity contribution >= 4 is 17.0 Å². The van der Waals surface area contributed by atoms with Crippen molar-refractivity contribution in [2.24, 2.45) is 7.05 Å². The van der Waals surface area contributed by atoms with Crippen molar-refractivity contribution in [1.82, 2.24) is 24.5 Å². The lowest BCUT2D eigenvalue weighted by molar-refractivity contribution is -0.137. The SMILES string of the molecule is Cn1ccc(-c2cc(C(F)F)c3c(C4CC4)nn(CC(=O)O)c3n2)n1. The van der Waals surface area contributed by atoms with E-state index in [0.717, 1.165) is 12.8 Å². The number of alkyl halides is 2. The van der Waals surface area contributed by atoms with E-state index in [1.165, 1.54) is 10.7 Å². The molecular weight excluding hydrogens is 332 g/mol. The maximum Gasteiger partial charge on any atom is 0.325 e. The van der Waals surface area contributed by atoms with Gasteiger partial charge in [-0.3, -0.25) is 9.48 Å². The molecule has 0 spiro atoms. The zero-order valence-corrected chi connectivity index (χ0v) is 13.4. The molecule has 0 unspecified atom stereocenters. The molecule has 3 heterocycles. The second-order valence-corrected chi connectivity index (χ2v) is 6.18. The van der Waals surface area contributed by atoms with Crippen LogP contribution in [-0.2, 0) is 18.4 Å². The molecule has 1 N–H and O–H groups in total. The maximum atomic E-state index is 13.7. The van der Waals surface area contributed by atoms with Crippen LogP contribution in [0.4, 0.5) is 8.78 Å². The van der Waals surface area contributed by atoms with Crippen LogP contribution in [0.3, 0.4) is 0 Å². The highest BCUT2D eigenvalue weighted by Crippen LogP contribution is 2.44. The fourth-order valence-corrected chi connectivity index (χ4v) is 2.96. The highest BCUT2D eigenvalue weighted by Gasteiger charge is 2.33. The minimum Gasteiger partial charge on any atom is -0.480 e. The van der Waals surface area contributed by atoms with Crippen molar-refractivity contribution in [3.05, 3.63) is 29.6 Å². The van der Waals surface area contributed by atoms with Crippen molar-refractivity contribution in [2.75, 3.05) is 0 Å². The van der Waals surface area contributed by atoms with Crippen molar-refractivity contribution in [1.29, 1.82) is 0 Å². The Labute approximate surface area is 140 Å². The van der Waals surface area contributed by atoms with Crippen LogP contribution in [0.5, 0.6) is 0 Å². The molecule has 0 saturated heterocycles.